The normalized spacial score (nSPS) is 15.6. The quantitative estimate of drug-likeness (QED) is 0.682. The molecule has 0 bridgehead atoms. The van der Waals surface area contributed by atoms with Gasteiger partial charge in [-0.15, -0.1) is 0 Å². The summed E-state index contributed by atoms with van der Waals surface area (Å²) in [6.45, 7) is 4.45. The molecule has 0 aliphatic carbocycles. The van der Waals surface area contributed by atoms with E-state index in [2.05, 4.69) is 29.1 Å². The van der Waals surface area contributed by atoms with Gasteiger partial charge in [0.1, 0.15) is 18.7 Å². The van der Waals surface area contributed by atoms with Crippen LogP contribution in [0.4, 0.5) is 5.69 Å². The summed E-state index contributed by atoms with van der Waals surface area (Å²) in [6.07, 6.45) is 3.16. The minimum atomic E-state index is -0.450. The van der Waals surface area contributed by atoms with Crippen molar-refractivity contribution in [1.82, 2.24) is 14.8 Å². The summed E-state index contributed by atoms with van der Waals surface area (Å²) in [4.78, 5) is 31.5. The Morgan fingerprint density at radius 1 is 1.11 bits per heavy atom. The fraction of sp³-hybridized carbons (Fsp3) is 0.238. The van der Waals surface area contributed by atoms with E-state index >= 15 is 0 Å². The van der Waals surface area contributed by atoms with Crippen LogP contribution >= 0.6 is 0 Å². The van der Waals surface area contributed by atoms with E-state index in [0.717, 1.165) is 21.7 Å². The van der Waals surface area contributed by atoms with Crippen LogP contribution in [0.5, 0.6) is 0 Å². The number of hydrogen-bond acceptors (Lipinski definition) is 4. The Hall–Kier alpha value is -3.32. The number of ketones is 1. The molecule has 2 aromatic carbocycles. The maximum Gasteiger partial charge on any atom is 0.303 e. The van der Waals surface area contributed by atoms with E-state index in [0.29, 0.717) is 17.9 Å². The number of carbonyl (C=O) groups excluding carboxylic acids is 2. The SMILES string of the molecule is Cc1ccc2c(c1)C(=O)C(=O)N2C[NH+](C)[C@H](C)c1ccc(-n2cncn2)cc1. The Bertz CT molecular complexity index is 1030. The Kier molecular flexibility index (Phi) is 4.52. The van der Waals surface area contributed by atoms with Gasteiger partial charge in [-0.1, -0.05) is 23.8 Å². The highest BCUT2D eigenvalue weighted by atomic mass is 16.2. The lowest BCUT2D eigenvalue weighted by molar-refractivity contribution is -0.909. The molecule has 3 aromatic rings. The van der Waals surface area contributed by atoms with Gasteiger partial charge in [0.05, 0.1) is 24.0 Å². The van der Waals surface area contributed by atoms with Crippen LogP contribution in [0.3, 0.4) is 0 Å². The summed E-state index contributed by atoms with van der Waals surface area (Å²) < 4.78 is 1.71. The number of Topliss-reactive ketones (excluding diaryl/α,β-unsaturated/α-hetero) is 1. The molecule has 7 nitrogen and oxygen atoms in total. The van der Waals surface area contributed by atoms with E-state index in [1.54, 1.807) is 22.0 Å². The summed E-state index contributed by atoms with van der Waals surface area (Å²) in [5.41, 5.74) is 4.26. The predicted molar refractivity (Wildman–Crippen MR) is 105 cm³/mol. The highest BCUT2D eigenvalue weighted by Crippen LogP contribution is 2.28. The molecule has 0 saturated heterocycles. The number of carbonyl (C=O) groups is 2. The van der Waals surface area contributed by atoms with Gasteiger partial charge < -0.3 is 4.90 Å². The summed E-state index contributed by atoms with van der Waals surface area (Å²) in [5.74, 6) is -0.870. The zero-order valence-electron chi connectivity index (χ0n) is 16.1. The van der Waals surface area contributed by atoms with Crippen molar-refractivity contribution < 1.29 is 14.5 Å². The summed E-state index contributed by atoms with van der Waals surface area (Å²) in [5, 5.41) is 4.13. The van der Waals surface area contributed by atoms with Crippen molar-refractivity contribution in [2.75, 3.05) is 18.6 Å². The maximum atomic E-state index is 12.5. The van der Waals surface area contributed by atoms with Gasteiger partial charge in [0.2, 0.25) is 0 Å². The molecule has 142 valence electrons. The van der Waals surface area contributed by atoms with Crippen molar-refractivity contribution >= 4 is 17.4 Å². The first-order valence-corrected chi connectivity index (χ1v) is 9.20. The van der Waals surface area contributed by atoms with Crippen molar-refractivity contribution in [2.24, 2.45) is 0 Å². The van der Waals surface area contributed by atoms with Gasteiger partial charge in [-0.05, 0) is 38.1 Å². The van der Waals surface area contributed by atoms with Gasteiger partial charge in [-0.25, -0.2) is 9.67 Å². The third-order valence-corrected chi connectivity index (χ3v) is 5.35. The van der Waals surface area contributed by atoms with Crippen molar-refractivity contribution in [1.29, 1.82) is 0 Å². The average molecular weight is 376 g/mol. The molecule has 2 atom stereocenters. The van der Waals surface area contributed by atoms with Crippen LogP contribution in [-0.4, -0.2) is 40.2 Å². The number of quaternary nitrogens is 1. The average Bonchev–Trinajstić information content (AvgIpc) is 3.32. The number of hydrogen-bond donors (Lipinski definition) is 1. The first kappa shape index (κ1) is 18.1. The Morgan fingerprint density at radius 2 is 1.86 bits per heavy atom. The van der Waals surface area contributed by atoms with Crippen LogP contribution in [0, 0.1) is 6.92 Å². The molecule has 0 saturated carbocycles. The molecule has 2 heterocycles. The number of anilines is 1. The Morgan fingerprint density at radius 3 is 2.54 bits per heavy atom. The number of amides is 1. The van der Waals surface area contributed by atoms with Crippen LogP contribution in [0.2, 0.25) is 0 Å². The van der Waals surface area contributed by atoms with Gasteiger partial charge in [-0.2, -0.15) is 5.10 Å². The molecule has 4 rings (SSSR count). The number of nitrogens with one attached hydrogen (secondary N) is 1. The third kappa shape index (κ3) is 3.10. The maximum absolute atomic E-state index is 12.5. The van der Waals surface area contributed by atoms with Crippen LogP contribution < -0.4 is 9.80 Å². The van der Waals surface area contributed by atoms with Crippen LogP contribution in [0.1, 0.15) is 34.5 Å². The van der Waals surface area contributed by atoms with E-state index in [9.17, 15) is 9.59 Å². The van der Waals surface area contributed by atoms with E-state index in [1.165, 1.54) is 6.33 Å². The Labute approximate surface area is 163 Å². The van der Waals surface area contributed by atoms with Crippen molar-refractivity contribution in [3.05, 3.63) is 71.8 Å². The molecule has 0 radical (unpaired) electrons. The van der Waals surface area contributed by atoms with E-state index in [1.807, 2.05) is 38.2 Å². The topological polar surface area (TPSA) is 72.5 Å². The minimum absolute atomic E-state index is 0.141. The lowest BCUT2D eigenvalue weighted by Crippen LogP contribution is -3.10. The van der Waals surface area contributed by atoms with E-state index in [4.69, 9.17) is 0 Å². The number of rotatable bonds is 5. The molecule has 28 heavy (non-hydrogen) atoms. The second-order valence-electron chi connectivity index (χ2n) is 7.24. The molecule has 1 N–H and O–H groups in total. The summed E-state index contributed by atoms with van der Waals surface area (Å²) >= 11 is 0. The smallest absolute Gasteiger partial charge is 0.303 e. The highest BCUT2D eigenvalue weighted by molar-refractivity contribution is 6.52. The zero-order valence-corrected chi connectivity index (χ0v) is 16.1. The molecular formula is C21H22N5O2+. The van der Waals surface area contributed by atoms with Crippen LogP contribution in [0.25, 0.3) is 5.69 Å². The molecule has 1 unspecified atom stereocenters. The summed E-state index contributed by atoms with van der Waals surface area (Å²) in [6, 6.07) is 13.8. The first-order chi connectivity index (χ1) is 13.5. The van der Waals surface area contributed by atoms with Crippen molar-refractivity contribution in [3.63, 3.8) is 0 Å². The second kappa shape index (κ2) is 7.01. The van der Waals surface area contributed by atoms with E-state index < -0.39 is 11.7 Å². The largest absolute Gasteiger partial charge is 0.314 e. The van der Waals surface area contributed by atoms with Crippen LogP contribution in [0.15, 0.2) is 55.1 Å². The second-order valence-corrected chi connectivity index (χ2v) is 7.24. The van der Waals surface area contributed by atoms with Crippen molar-refractivity contribution in [2.45, 2.75) is 19.9 Å². The first-order valence-electron chi connectivity index (χ1n) is 9.20. The number of aromatic nitrogens is 3. The minimum Gasteiger partial charge on any atom is -0.314 e. The van der Waals surface area contributed by atoms with Gasteiger partial charge in [0.15, 0.2) is 6.67 Å². The fourth-order valence-electron chi connectivity index (χ4n) is 3.50. The fourth-order valence-corrected chi connectivity index (χ4v) is 3.50. The van der Waals surface area contributed by atoms with E-state index in [-0.39, 0.29) is 6.04 Å². The monoisotopic (exact) mass is 376 g/mol. The van der Waals surface area contributed by atoms with Crippen LogP contribution in [-0.2, 0) is 4.79 Å². The highest BCUT2D eigenvalue weighted by Gasteiger charge is 2.38. The predicted octanol–water partition coefficient (Wildman–Crippen LogP) is 1.34. The molecule has 1 amide bonds. The summed E-state index contributed by atoms with van der Waals surface area (Å²) in [7, 11) is 2.03. The van der Waals surface area contributed by atoms with Gasteiger partial charge in [0, 0.05) is 5.56 Å². The molecule has 0 spiro atoms. The zero-order chi connectivity index (χ0) is 19.8. The number of fused-ring (bicyclic) bond motifs is 1. The number of nitrogens with zero attached hydrogens (tertiary/aromatic N) is 4. The molecule has 1 aliphatic heterocycles. The standard InChI is InChI=1S/C21H21N5O2/c1-14-4-9-19-18(10-14)20(27)21(28)25(19)13-24(3)15(2)16-5-7-17(8-6-16)26-12-22-11-23-26/h4-12,15H,13H2,1-3H3/p+1/t15-/m1/s1. The molecular weight excluding hydrogens is 354 g/mol. The third-order valence-electron chi connectivity index (χ3n) is 5.35. The number of aryl methyl sites for hydroxylation is 1. The molecule has 0 fully saturated rings. The van der Waals surface area contributed by atoms with Gasteiger partial charge in [-0.3, -0.25) is 14.5 Å². The van der Waals surface area contributed by atoms with Gasteiger partial charge in [0.25, 0.3) is 5.78 Å². The Balaban J connectivity index is 1.51. The molecule has 7 heteroatoms. The number of benzene rings is 2. The van der Waals surface area contributed by atoms with Gasteiger partial charge >= 0.3 is 5.91 Å². The van der Waals surface area contributed by atoms with Crippen molar-refractivity contribution in [3.8, 4) is 5.69 Å². The lowest BCUT2D eigenvalue weighted by atomic mass is 10.1. The lowest BCUT2D eigenvalue weighted by Gasteiger charge is -2.27. The molecule has 1 aromatic heterocycles. The molecule has 1 aliphatic rings.